The molecule has 122 valence electrons. The van der Waals surface area contributed by atoms with Crippen molar-refractivity contribution in [2.24, 2.45) is 0 Å². The summed E-state index contributed by atoms with van der Waals surface area (Å²) in [6.07, 6.45) is 0. The number of anilines is 3. The lowest BCUT2D eigenvalue weighted by molar-refractivity contribution is 0.633. The largest absolute Gasteiger partial charge is 0.396 e. The van der Waals surface area contributed by atoms with Crippen molar-refractivity contribution in [3.05, 3.63) is 64.9 Å². The Hall–Kier alpha value is -2.86. The fourth-order valence-corrected chi connectivity index (χ4v) is 2.42. The normalized spacial score (nSPS) is 10.6. The number of aromatic nitrogens is 2. The van der Waals surface area contributed by atoms with Crippen molar-refractivity contribution in [3.8, 4) is 11.3 Å². The average Bonchev–Trinajstić information content (AvgIpc) is 2.56. The zero-order chi connectivity index (χ0) is 17.1. The third-order valence-electron chi connectivity index (χ3n) is 3.46. The molecule has 24 heavy (non-hydrogen) atoms. The monoisotopic (exact) mass is 343 g/mol. The lowest BCUT2D eigenvalue weighted by Crippen LogP contribution is -2.05. The van der Waals surface area contributed by atoms with Crippen molar-refractivity contribution in [1.29, 1.82) is 0 Å². The molecule has 0 aliphatic carbocycles. The number of rotatable bonds is 4. The molecule has 5 nitrogen and oxygen atoms in total. The standard InChI is InChI=1S/C17H15ClFN5/c18-12-4-2-1-3-11(12)9-22-16-8-15(23-17(21)24-16)10-5-6-14(20)13(19)7-10/h1-8H,9,20H2,(H3,21,22,23,24). The highest BCUT2D eigenvalue weighted by Gasteiger charge is 2.08. The van der Waals surface area contributed by atoms with E-state index in [1.807, 2.05) is 24.3 Å². The zero-order valence-corrected chi connectivity index (χ0v) is 13.4. The molecule has 3 rings (SSSR count). The van der Waals surface area contributed by atoms with Crippen LogP contribution in [0.4, 0.5) is 21.8 Å². The van der Waals surface area contributed by atoms with Crippen LogP contribution in [0.1, 0.15) is 5.56 Å². The molecule has 0 bridgehead atoms. The Kier molecular flexibility index (Phi) is 4.48. The Morgan fingerprint density at radius 2 is 1.83 bits per heavy atom. The van der Waals surface area contributed by atoms with E-state index in [0.29, 0.717) is 28.6 Å². The van der Waals surface area contributed by atoms with Crippen molar-refractivity contribution in [2.45, 2.75) is 6.54 Å². The number of benzene rings is 2. The lowest BCUT2D eigenvalue weighted by atomic mass is 10.1. The van der Waals surface area contributed by atoms with Gasteiger partial charge < -0.3 is 16.8 Å². The second-order valence-corrected chi connectivity index (χ2v) is 5.59. The SMILES string of the molecule is Nc1nc(NCc2ccccc2Cl)cc(-c2ccc(N)c(F)c2)n1. The number of nitrogens with zero attached hydrogens (tertiary/aromatic N) is 2. The summed E-state index contributed by atoms with van der Waals surface area (Å²) in [6.45, 7) is 0.478. The highest BCUT2D eigenvalue weighted by molar-refractivity contribution is 6.31. The van der Waals surface area contributed by atoms with Crippen molar-refractivity contribution in [2.75, 3.05) is 16.8 Å². The number of nitrogen functional groups attached to an aromatic ring is 2. The maximum absolute atomic E-state index is 13.6. The Balaban J connectivity index is 1.86. The van der Waals surface area contributed by atoms with E-state index in [2.05, 4.69) is 15.3 Å². The highest BCUT2D eigenvalue weighted by Crippen LogP contribution is 2.24. The predicted molar refractivity (Wildman–Crippen MR) is 95.0 cm³/mol. The van der Waals surface area contributed by atoms with Gasteiger partial charge in [-0.05, 0) is 23.8 Å². The first kappa shape index (κ1) is 16.0. The van der Waals surface area contributed by atoms with E-state index in [1.165, 1.54) is 12.1 Å². The van der Waals surface area contributed by atoms with E-state index in [9.17, 15) is 4.39 Å². The smallest absolute Gasteiger partial charge is 0.222 e. The fraction of sp³-hybridized carbons (Fsp3) is 0.0588. The molecule has 7 heteroatoms. The van der Waals surface area contributed by atoms with Crippen LogP contribution < -0.4 is 16.8 Å². The van der Waals surface area contributed by atoms with Crippen LogP contribution in [0.15, 0.2) is 48.5 Å². The maximum Gasteiger partial charge on any atom is 0.222 e. The molecule has 1 aromatic heterocycles. The minimum Gasteiger partial charge on any atom is -0.396 e. The first-order valence-electron chi connectivity index (χ1n) is 7.20. The van der Waals surface area contributed by atoms with Crippen LogP contribution >= 0.6 is 11.6 Å². The Bertz CT molecular complexity index is 885. The first-order valence-corrected chi connectivity index (χ1v) is 7.58. The molecule has 0 aliphatic rings. The number of nitrogens with two attached hydrogens (primary N) is 2. The summed E-state index contributed by atoms with van der Waals surface area (Å²) >= 11 is 6.13. The van der Waals surface area contributed by atoms with E-state index in [-0.39, 0.29) is 11.6 Å². The molecule has 0 aliphatic heterocycles. The van der Waals surface area contributed by atoms with Crippen LogP contribution in [0.5, 0.6) is 0 Å². The van der Waals surface area contributed by atoms with Crippen LogP contribution in [-0.4, -0.2) is 9.97 Å². The van der Waals surface area contributed by atoms with Gasteiger partial charge in [0.15, 0.2) is 0 Å². The van der Waals surface area contributed by atoms with Crippen molar-refractivity contribution >= 4 is 29.1 Å². The summed E-state index contributed by atoms with van der Waals surface area (Å²) in [4.78, 5) is 8.28. The van der Waals surface area contributed by atoms with Gasteiger partial charge in [-0.1, -0.05) is 35.9 Å². The van der Waals surface area contributed by atoms with Crippen molar-refractivity contribution in [1.82, 2.24) is 9.97 Å². The van der Waals surface area contributed by atoms with Gasteiger partial charge in [-0.25, -0.2) is 9.37 Å². The molecular weight excluding hydrogens is 329 g/mol. The Labute approximate surface area is 143 Å². The fourth-order valence-electron chi connectivity index (χ4n) is 2.22. The van der Waals surface area contributed by atoms with Gasteiger partial charge in [0.2, 0.25) is 5.95 Å². The maximum atomic E-state index is 13.6. The average molecular weight is 344 g/mol. The Morgan fingerprint density at radius 1 is 1.04 bits per heavy atom. The van der Waals surface area contributed by atoms with Gasteiger partial charge in [0.05, 0.1) is 11.4 Å². The molecule has 0 saturated carbocycles. The molecule has 0 unspecified atom stereocenters. The van der Waals surface area contributed by atoms with Gasteiger partial charge in [0, 0.05) is 23.2 Å². The molecule has 2 aromatic carbocycles. The second kappa shape index (κ2) is 6.72. The van der Waals surface area contributed by atoms with Crippen LogP contribution in [-0.2, 0) is 6.54 Å². The van der Waals surface area contributed by atoms with Crippen LogP contribution in [0, 0.1) is 5.82 Å². The molecule has 0 radical (unpaired) electrons. The summed E-state index contributed by atoms with van der Waals surface area (Å²) in [5.41, 5.74) is 13.3. The predicted octanol–water partition coefficient (Wildman–Crippen LogP) is 3.71. The molecule has 0 fully saturated rings. The summed E-state index contributed by atoms with van der Waals surface area (Å²) in [5, 5.41) is 3.80. The van der Waals surface area contributed by atoms with Gasteiger partial charge in [-0.3, -0.25) is 0 Å². The van der Waals surface area contributed by atoms with Crippen LogP contribution in [0.3, 0.4) is 0 Å². The number of hydrogen-bond acceptors (Lipinski definition) is 5. The molecular formula is C17H15ClFN5. The summed E-state index contributed by atoms with van der Waals surface area (Å²) in [5.74, 6) is 0.108. The lowest BCUT2D eigenvalue weighted by Gasteiger charge is -2.10. The van der Waals surface area contributed by atoms with E-state index >= 15 is 0 Å². The topological polar surface area (TPSA) is 89.8 Å². The Morgan fingerprint density at radius 3 is 2.58 bits per heavy atom. The molecule has 1 heterocycles. The van der Waals surface area contributed by atoms with E-state index < -0.39 is 5.82 Å². The number of halogens is 2. The minimum atomic E-state index is -0.504. The number of nitrogens with one attached hydrogen (secondary N) is 1. The van der Waals surface area contributed by atoms with E-state index in [0.717, 1.165) is 5.56 Å². The second-order valence-electron chi connectivity index (χ2n) is 5.18. The van der Waals surface area contributed by atoms with Gasteiger partial charge in [0.1, 0.15) is 11.6 Å². The van der Waals surface area contributed by atoms with E-state index in [1.54, 1.807) is 12.1 Å². The van der Waals surface area contributed by atoms with Crippen LogP contribution in [0.25, 0.3) is 11.3 Å². The minimum absolute atomic E-state index is 0.0813. The van der Waals surface area contributed by atoms with Gasteiger partial charge in [-0.15, -0.1) is 0 Å². The molecule has 0 amide bonds. The van der Waals surface area contributed by atoms with Crippen LogP contribution in [0.2, 0.25) is 5.02 Å². The molecule has 0 spiro atoms. The third-order valence-corrected chi connectivity index (χ3v) is 3.83. The van der Waals surface area contributed by atoms with Gasteiger partial charge in [-0.2, -0.15) is 4.98 Å². The zero-order valence-electron chi connectivity index (χ0n) is 12.6. The summed E-state index contributed by atoms with van der Waals surface area (Å²) < 4.78 is 13.6. The number of hydrogen-bond donors (Lipinski definition) is 3. The van der Waals surface area contributed by atoms with Gasteiger partial charge in [0.25, 0.3) is 0 Å². The third kappa shape index (κ3) is 3.55. The quantitative estimate of drug-likeness (QED) is 0.628. The summed E-state index contributed by atoms with van der Waals surface area (Å²) in [7, 11) is 0. The van der Waals surface area contributed by atoms with Crippen molar-refractivity contribution in [3.63, 3.8) is 0 Å². The van der Waals surface area contributed by atoms with Crippen molar-refractivity contribution < 1.29 is 4.39 Å². The van der Waals surface area contributed by atoms with E-state index in [4.69, 9.17) is 23.1 Å². The molecule has 5 N–H and O–H groups in total. The van der Waals surface area contributed by atoms with Gasteiger partial charge >= 0.3 is 0 Å². The highest BCUT2D eigenvalue weighted by atomic mass is 35.5. The molecule has 0 atom stereocenters. The molecule has 0 saturated heterocycles. The first-order chi connectivity index (χ1) is 11.5. The molecule has 3 aromatic rings. The summed E-state index contributed by atoms with van der Waals surface area (Å²) in [6, 6.07) is 13.7.